The van der Waals surface area contributed by atoms with Crippen molar-refractivity contribution in [3.63, 3.8) is 0 Å². The van der Waals surface area contributed by atoms with Crippen LogP contribution >= 0.6 is 11.3 Å². The molecule has 4 heteroatoms. The van der Waals surface area contributed by atoms with Crippen molar-refractivity contribution in [2.75, 3.05) is 11.4 Å². The van der Waals surface area contributed by atoms with Gasteiger partial charge in [-0.2, -0.15) is 0 Å². The molecule has 1 aliphatic rings. The molecule has 3 rings (SSSR count). The Balaban J connectivity index is 1.92. The van der Waals surface area contributed by atoms with Crippen LogP contribution in [-0.4, -0.2) is 17.6 Å². The minimum Gasteiger partial charge on any atom is -0.339 e. The molecule has 2 heterocycles. The molecule has 0 amide bonds. The second-order valence-electron chi connectivity index (χ2n) is 4.97. The average molecular weight is 273 g/mol. The van der Waals surface area contributed by atoms with Crippen molar-refractivity contribution >= 4 is 16.5 Å². The van der Waals surface area contributed by atoms with E-state index < -0.39 is 0 Å². The Morgan fingerprint density at radius 2 is 2.16 bits per heavy atom. The number of anilines is 1. The van der Waals surface area contributed by atoms with E-state index in [1.54, 1.807) is 11.3 Å². The van der Waals surface area contributed by atoms with E-state index in [2.05, 4.69) is 41.5 Å². The number of nitrogens with two attached hydrogens (primary N) is 1. The van der Waals surface area contributed by atoms with E-state index in [4.69, 9.17) is 10.7 Å². The van der Waals surface area contributed by atoms with Gasteiger partial charge < -0.3 is 10.6 Å². The monoisotopic (exact) mass is 273 g/mol. The van der Waals surface area contributed by atoms with Crippen molar-refractivity contribution in [3.05, 3.63) is 46.5 Å². The largest absolute Gasteiger partial charge is 0.339 e. The molecule has 0 bridgehead atoms. The lowest BCUT2D eigenvalue weighted by molar-refractivity contribution is 0.559. The van der Waals surface area contributed by atoms with Crippen molar-refractivity contribution in [3.8, 4) is 0 Å². The fraction of sp³-hybridized carbons (Fsp3) is 0.400. The molecular weight excluding hydrogens is 254 g/mol. The molecule has 0 radical (unpaired) electrons. The van der Waals surface area contributed by atoms with Gasteiger partial charge in [0.25, 0.3) is 0 Å². The van der Waals surface area contributed by atoms with Gasteiger partial charge in [0.2, 0.25) is 0 Å². The maximum Gasteiger partial charge on any atom is 0.186 e. The number of aromatic nitrogens is 1. The Morgan fingerprint density at radius 1 is 1.37 bits per heavy atom. The average Bonchev–Trinajstić information content (AvgIpc) is 2.94. The zero-order valence-corrected chi connectivity index (χ0v) is 12.0. The van der Waals surface area contributed by atoms with Gasteiger partial charge >= 0.3 is 0 Å². The minimum atomic E-state index is 0.366. The summed E-state index contributed by atoms with van der Waals surface area (Å²) in [5.74, 6) is 0. The number of hydrogen-bond donors (Lipinski definition) is 1. The van der Waals surface area contributed by atoms with Gasteiger partial charge in [-0.25, -0.2) is 4.98 Å². The van der Waals surface area contributed by atoms with Gasteiger partial charge in [-0.15, -0.1) is 11.3 Å². The SMILES string of the molecule is CCc1csc(N2Cc3ccccc3CC2CN)n1. The van der Waals surface area contributed by atoms with Crippen LogP contribution in [0.1, 0.15) is 23.7 Å². The van der Waals surface area contributed by atoms with E-state index in [-0.39, 0.29) is 0 Å². The summed E-state index contributed by atoms with van der Waals surface area (Å²) in [7, 11) is 0. The van der Waals surface area contributed by atoms with Crippen molar-refractivity contribution in [2.24, 2.45) is 5.73 Å². The zero-order valence-electron chi connectivity index (χ0n) is 11.2. The second-order valence-corrected chi connectivity index (χ2v) is 5.80. The minimum absolute atomic E-state index is 0.366. The van der Waals surface area contributed by atoms with Gasteiger partial charge in [0.15, 0.2) is 5.13 Å². The number of thiazole rings is 1. The zero-order chi connectivity index (χ0) is 13.2. The highest BCUT2D eigenvalue weighted by molar-refractivity contribution is 7.13. The first kappa shape index (κ1) is 12.6. The summed E-state index contributed by atoms with van der Waals surface area (Å²) in [5.41, 5.74) is 9.97. The topological polar surface area (TPSA) is 42.1 Å². The van der Waals surface area contributed by atoms with Crippen molar-refractivity contribution < 1.29 is 0 Å². The first-order valence-corrected chi connectivity index (χ1v) is 7.67. The molecule has 1 aromatic carbocycles. The Labute approximate surface area is 118 Å². The summed E-state index contributed by atoms with van der Waals surface area (Å²) >= 11 is 1.73. The summed E-state index contributed by atoms with van der Waals surface area (Å²) < 4.78 is 0. The second kappa shape index (κ2) is 5.31. The number of benzene rings is 1. The maximum absolute atomic E-state index is 5.96. The van der Waals surface area contributed by atoms with E-state index in [0.717, 1.165) is 24.5 Å². The number of hydrogen-bond acceptors (Lipinski definition) is 4. The van der Waals surface area contributed by atoms with E-state index in [0.29, 0.717) is 12.6 Å². The highest BCUT2D eigenvalue weighted by Crippen LogP contribution is 2.30. The molecule has 1 aliphatic heterocycles. The molecule has 0 saturated carbocycles. The van der Waals surface area contributed by atoms with Crippen LogP contribution in [0.15, 0.2) is 29.6 Å². The van der Waals surface area contributed by atoms with Gasteiger partial charge in [-0.1, -0.05) is 31.2 Å². The van der Waals surface area contributed by atoms with Gasteiger partial charge in [0.05, 0.1) is 5.69 Å². The predicted molar refractivity (Wildman–Crippen MR) is 80.7 cm³/mol. The molecule has 2 aromatic rings. The lowest BCUT2D eigenvalue weighted by atomic mass is 9.94. The highest BCUT2D eigenvalue weighted by Gasteiger charge is 2.26. The van der Waals surface area contributed by atoms with Crippen molar-refractivity contribution in [1.82, 2.24) is 4.98 Å². The van der Waals surface area contributed by atoms with Gasteiger partial charge in [0, 0.05) is 24.5 Å². The summed E-state index contributed by atoms with van der Waals surface area (Å²) in [4.78, 5) is 7.08. The molecular formula is C15H19N3S. The molecule has 1 aromatic heterocycles. The Hall–Kier alpha value is -1.39. The maximum atomic E-state index is 5.96. The van der Waals surface area contributed by atoms with Crippen LogP contribution in [0.25, 0.3) is 0 Å². The van der Waals surface area contributed by atoms with E-state index in [1.807, 2.05) is 0 Å². The molecule has 0 fully saturated rings. The quantitative estimate of drug-likeness (QED) is 0.934. The number of nitrogens with zero attached hydrogens (tertiary/aromatic N) is 2. The molecule has 0 spiro atoms. The first-order chi connectivity index (χ1) is 9.31. The van der Waals surface area contributed by atoms with Crippen LogP contribution in [-0.2, 0) is 19.4 Å². The molecule has 1 atom stereocenters. The molecule has 2 N–H and O–H groups in total. The smallest absolute Gasteiger partial charge is 0.186 e. The van der Waals surface area contributed by atoms with E-state index >= 15 is 0 Å². The van der Waals surface area contributed by atoms with Crippen LogP contribution in [0, 0.1) is 0 Å². The van der Waals surface area contributed by atoms with Crippen LogP contribution < -0.4 is 10.6 Å². The molecule has 0 saturated heterocycles. The third kappa shape index (κ3) is 2.38. The van der Waals surface area contributed by atoms with E-state index in [9.17, 15) is 0 Å². The van der Waals surface area contributed by atoms with Crippen molar-refractivity contribution in [2.45, 2.75) is 32.4 Å². The van der Waals surface area contributed by atoms with Crippen LogP contribution in [0.5, 0.6) is 0 Å². The Bertz CT molecular complexity index is 564. The molecule has 100 valence electrons. The van der Waals surface area contributed by atoms with Crippen LogP contribution in [0.4, 0.5) is 5.13 Å². The Morgan fingerprint density at radius 3 is 2.84 bits per heavy atom. The summed E-state index contributed by atoms with van der Waals surface area (Å²) in [6.45, 7) is 3.74. The van der Waals surface area contributed by atoms with E-state index in [1.165, 1.54) is 16.8 Å². The molecule has 0 aliphatic carbocycles. The first-order valence-electron chi connectivity index (χ1n) is 6.79. The normalized spacial score (nSPS) is 18.4. The van der Waals surface area contributed by atoms with Gasteiger partial charge in [0.1, 0.15) is 0 Å². The molecule has 3 nitrogen and oxygen atoms in total. The van der Waals surface area contributed by atoms with Gasteiger partial charge in [-0.05, 0) is 24.0 Å². The lowest BCUT2D eigenvalue weighted by Crippen LogP contribution is -2.45. The van der Waals surface area contributed by atoms with Crippen LogP contribution in [0.3, 0.4) is 0 Å². The third-order valence-electron chi connectivity index (χ3n) is 3.78. The predicted octanol–water partition coefficient (Wildman–Crippen LogP) is 2.60. The number of aryl methyl sites for hydroxylation is 1. The summed E-state index contributed by atoms with van der Waals surface area (Å²) in [6, 6.07) is 9.02. The van der Waals surface area contributed by atoms with Crippen LogP contribution in [0.2, 0.25) is 0 Å². The number of rotatable bonds is 3. The lowest BCUT2D eigenvalue weighted by Gasteiger charge is -2.36. The van der Waals surface area contributed by atoms with Crippen molar-refractivity contribution in [1.29, 1.82) is 0 Å². The Kier molecular flexibility index (Phi) is 3.53. The fourth-order valence-corrected chi connectivity index (χ4v) is 3.59. The van der Waals surface area contributed by atoms with Gasteiger partial charge in [-0.3, -0.25) is 0 Å². The highest BCUT2D eigenvalue weighted by atomic mass is 32.1. The standard InChI is InChI=1S/C15H19N3S/c1-2-13-10-19-15(17-13)18-9-12-6-4-3-5-11(12)7-14(18)8-16/h3-6,10,14H,2,7-9,16H2,1H3. The third-order valence-corrected chi connectivity index (χ3v) is 4.70. The molecule has 19 heavy (non-hydrogen) atoms. The number of fused-ring (bicyclic) bond motifs is 1. The summed E-state index contributed by atoms with van der Waals surface area (Å²) in [6.07, 6.45) is 2.02. The molecule has 1 unspecified atom stereocenters. The summed E-state index contributed by atoms with van der Waals surface area (Å²) in [5, 5.41) is 3.27. The fourth-order valence-electron chi connectivity index (χ4n) is 2.61.